The molecule has 3 nitrogen and oxygen atoms in total. The van der Waals surface area contributed by atoms with Crippen molar-refractivity contribution in [3.8, 4) is 0 Å². The fraction of sp³-hybridized carbons (Fsp3) is 0.625. The molecule has 1 N–H and O–H groups in total. The second-order valence-corrected chi connectivity index (χ2v) is 2.63. The maximum Gasteiger partial charge on any atom is 0.223 e. The van der Waals surface area contributed by atoms with Crippen molar-refractivity contribution in [2.75, 3.05) is 0 Å². The zero-order chi connectivity index (χ0) is 8.27. The first-order valence-electron chi connectivity index (χ1n) is 3.84. The molecular weight excluding hydrogens is 142 g/mol. The minimum absolute atomic E-state index is 0.435. The van der Waals surface area contributed by atoms with Crippen molar-refractivity contribution in [2.45, 2.75) is 32.8 Å². The highest BCUT2D eigenvalue weighted by molar-refractivity contribution is 4.95. The van der Waals surface area contributed by atoms with Crippen LogP contribution in [0.3, 0.4) is 0 Å². The number of aromatic nitrogens is 1. The van der Waals surface area contributed by atoms with Crippen LogP contribution in [0.4, 0.5) is 0 Å². The minimum Gasteiger partial charge on any atom is -0.446 e. The number of oxazole rings is 1. The first kappa shape index (κ1) is 8.27. The van der Waals surface area contributed by atoms with Gasteiger partial charge in [0.1, 0.15) is 12.4 Å². The number of aliphatic hydroxyl groups excluding tert-OH is 1. The molecule has 1 heterocycles. The normalized spacial score (nSPS) is 13.4. The quantitative estimate of drug-likeness (QED) is 0.724. The van der Waals surface area contributed by atoms with Crippen LogP contribution in [-0.2, 0) is 0 Å². The summed E-state index contributed by atoms with van der Waals surface area (Å²) in [6, 6.07) is 0. The van der Waals surface area contributed by atoms with Gasteiger partial charge in [0.2, 0.25) is 5.89 Å². The van der Waals surface area contributed by atoms with Gasteiger partial charge < -0.3 is 9.52 Å². The summed E-state index contributed by atoms with van der Waals surface area (Å²) in [5.41, 5.74) is 0.815. The lowest BCUT2D eigenvalue weighted by molar-refractivity contribution is 0.133. The molecule has 0 aliphatic carbocycles. The molecule has 62 valence electrons. The van der Waals surface area contributed by atoms with E-state index in [1.165, 1.54) is 0 Å². The lowest BCUT2D eigenvalue weighted by atomic mass is 10.2. The van der Waals surface area contributed by atoms with Gasteiger partial charge in [-0.25, -0.2) is 4.98 Å². The van der Waals surface area contributed by atoms with E-state index in [2.05, 4.69) is 4.98 Å². The number of hydrogen-bond donors (Lipinski definition) is 1. The van der Waals surface area contributed by atoms with Crippen molar-refractivity contribution in [1.29, 1.82) is 0 Å². The number of rotatable bonds is 3. The van der Waals surface area contributed by atoms with Crippen LogP contribution in [0.25, 0.3) is 0 Å². The fourth-order valence-electron chi connectivity index (χ4n) is 0.922. The SMILES string of the molecule is CCCC(O)c1nc(C)co1. The van der Waals surface area contributed by atoms with Crippen LogP contribution in [0.1, 0.15) is 37.5 Å². The molecular formula is C8H13NO2. The molecule has 0 amide bonds. The maximum atomic E-state index is 9.38. The van der Waals surface area contributed by atoms with Gasteiger partial charge in [0.05, 0.1) is 5.69 Å². The van der Waals surface area contributed by atoms with Crippen molar-refractivity contribution >= 4 is 0 Å². The smallest absolute Gasteiger partial charge is 0.223 e. The molecule has 1 aromatic rings. The van der Waals surface area contributed by atoms with E-state index in [0.29, 0.717) is 12.3 Å². The Balaban J connectivity index is 2.60. The highest BCUT2D eigenvalue weighted by atomic mass is 16.4. The predicted molar refractivity (Wildman–Crippen MR) is 41.1 cm³/mol. The molecule has 1 aromatic heterocycles. The highest BCUT2D eigenvalue weighted by Crippen LogP contribution is 2.16. The van der Waals surface area contributed by atoms with E-state index >= 15 is 0 Å². The van der Waals surface area contributed by atoms with E-state index in [1.807, 2.05) is 13.8 Å². The highest BCUT2D eigenvalue weighted by Gasteiger charge is 2.11. The Morgan fingerprint density at radius 3 is 2.91 bits per heavy atom. The van der Waals surface area contributed by atoms with Gasteiger partial charge in [-0.2, -0.15) is 0 Å². The second-order valence-electron chi connectivity index (χ2n) is 2.63. The summed E-state index contributed by atoms with van der Waals surface area (Å²) in [5, 5.41) is 9.38. The number of hydrogen-bond acceptors (Lipinski definition) is 3. The van der Waals surface area contributed by atoms with Gasteiger partial charge in [-0.15, -0.1) is 0 Å². The van der Waals surface area contributed by atoms with Crippen LogP contribution in [-0.4, -0.2) is 10.1 Å². The molecule has 0 aliphatic heterocycles. The van der Waals surface area contributed by atoms with Crippen molar-refractivity contribution in [3.05, 3.63) is 17.8 Å². The van der Waals surface area contributed by atoms with E-state index in [-0.39, 0.29) is 0 Å². The first-order chi connectivity index (χ1) is 5.24. The van der Waals surface area contributed by atoms with Crippen molar-refractivity contribution < 1.29 is 9.52 Å². The number of nitrogens with zero attached hydrogens (tertiary/aromatic N) is 1. The Labute approximate surface area is 66.1 Å². The largest absolute Gasteiger partial charge is 0.446 e. The second kappa shape index (κ2) is 3.53. The molecule has 11 heavy (non-hydrogen) atoms. The monoisotopic (exact) mass is 155 g/mol. The van der Waals surface area contributed by atoms with Crippen LogP contribution < -0.4 is 0 Å². The molecule has 1 unspecified atom stereocenters. The number of aryl methyl sites for hydroxylation is 1. The summed E-state index contributed by atoms with van der Waals surface area (Å²) in [7, 11) is 0. The molecule has 1 rings (SSSR count). The molecule has 0 radical (unpaired) electrons. The summed E-state index contributed by atoms with van der Waals surface area (Å²) >= 11 is 0. The van der Waals surface area contributed by atoms with Crippen molar-refractivity contribution in [2.24, 2.45) is 0 Å². The van der Waals surface area contributed by atoms with E-state index in [1.54, 1.807) is 6.26 Å². The van der Waals surface area contributed by atoms with Gasteiger partial charge in [-0.3, -0.25) is 0 Å². The van der Waals surface area contributed by atoms with Gasteiger partial charge in [0.25, 0.3) is 0 Å². The lowest BCUT2D eigenvalue weighted by Crippen LogP contribution is -1.96. The fourth-order valence-corrected chi connectivity index (χ4v) is 0.922. The van der Waals surface area contributed by atoms with Crippen LogP contribution in [0, 0.1) is 6.92 Å². The van der Waals surface area contributed by atoms with Gasteiger partial charge in [0.15, 0.2) is 0 Å². The van der Waals surface area contributed by atoms with Gasteiger partial charge >= 0.3 is 0 Å². The van der Waals surface area contributed by atoms with E-state index < -0.39 is 6.10 Å². The molecule has 0 saturated heterocycles. The van der Waals surface area contributed by atoms with E-state index in [9.17, 15) is 5.11 Å². The summed E-state index contributed by atoms with van der Waals surface area (Å²) < 4.78 is 5.02. The minimum atomic E-state index is -0.534. The average Bonchev–Trinajstić information content (AvgIpc) is 2.36. The van der Waals surface area contributed by atoms with Gasteiger partial charge in [-0.1, -0.05) is 13.3 Å². The first-order valence-corrected chi connectivity index (χ1v) is 3.84. The standard InChI is InChI=1S/C8H13NO2/c1-3-4-7(10)8-9-6(2)5-11-8/h5,7,10H,3-4H2,1-2H3. The average molecular weight is 155 g/mol. The third kappa shape index (κ3) is 2.05. The van der Waals surface area contributed by atoms with Gasteiger partial charge in [0, 0.05) is 0 Å². The third-order valence-corrected chi connectivity index (χ3v) is 1.48. The Bertz CT molecular complexity index is 220. The molecule has 0 fully saturated rings. The van der Waals surface area contributed by atoms with Crippen LogP contribution in [0.15, 0.2) is 10.7 Å². The van der Waals surface area contributed by atoms with Crippen molar-refractivity contribution in [3.63, 3.8) is 0 Å². The Morgan fingerprint density at radius 1 is 1.73 bits per heavy atom. The zero-order valence-corrected chi connectivity index (χ0v) is 6.87. The molecule has 1 atom stereocenters. The molecule has 3 heteroatoms. The lowest BCUT2D eigenvalue weighted by Gasteiger charge is -2.01. The molecule has 0 saturated carbocycles. The summed E-state index contributed by atoms with van der Waals surface area (Å²) in [6.45, 7) is 3.85. The summed E-state index contributed by atoms with van der Waals surface area (Å²) in [5.74, 6) is 0.435. The van der Waals surface area contributed by atoms with Crippen molar-refractivity contribution in [1.82, 2.24) is 4.98 Å². The van der Waals surface area contributed by atoms with E-state index in [0.717, 1.165) is 12.1 Å². The van der Waals surface area contributed by atoms with Gasteiger partial charge in [-0.05, 0) is 13.3 Å². The summed E-state index contributed by atoms with van der Waals surface area (Å²) in [4.78, 5) is 4.01. The Morgan fingerprint density at radius 2 is 2.45 bits per heavy atom. The summed E-state index contributed by atoms with van der Waals surface area (Å²) in [6.07, 6.45) is 2.66. The molecule has 0 aromatic carbocycles. The van der Waals surface area contributed by atoms with Crippen LogP contribution in [0.2, 0.25) is 0 Å². The maximum absolute atomic E-state index is 9.38. The predicted octanol–water partition coefficient (Wildman–Crippen LogP) is 1.82. The Hall–Kier alpha value is -0.830. The Kier molecular flexibility index (Phi) is 2.65. The molecule has 0 bridgehead atoms. The topological polar surface area (TPSA) is 46.3 Å². The number of aliphatic hydroxyl groups is 1. The molecule has 0 aliphatic rings. The van der Waals surface area contributed by atoms with E-state index in [4.69, 9.17) is 4.42 Å². The zero-order valence-electron chi connectivity index (χ0n) is 6.87. The van der Waals surface area contributed by atoms with Crippen LogP contribution >= 0.6 is 0 Å². The third-order valence-electron chi connectivity index (χ3n) is 1.48. The van der Waals surface area contributed by atoms with Crippen LogP contribution in [0.5, 0.6) is 0 Å². The molecule has 0 spiro atoms.